The zero-order valence-corrected chi connectivity index (χ0v) is 13.6. The summed E-state index contributed by atoms with van der Waals surface area (Å²) < 4.78 is 0. The number of likely N-dealkylation sites (tertiary alicyclic amines) is 1. The van der Waals surface area contributed by atoms with Crippen molar-refractivity contribution in [2.24, 2.45) is 5.92 Å². The lowest BCUT2D eigenvalue weighted by atomic mass is 9.90. The van der Waals surface area contributed by atoms with E-state index in [1.165, 1.54) is 5.56 Å². The Morgan fingerprint density at radius 3 is 2.50 bits per heavy atom. The minimum atomic E-state index is 0.000884. The van der Waals surface area contributed by atoms with Crippen LogP contribution in [0.1, 0.15) is 17.0 Å². The smallest absolute Gasteiger partial charge is 0.125 e. The van der Waals surface area contributed by atoms with Crippen molar-refractivity contribution in [3.63, 3.8) is 0 Å². The molecule has 0 N–H and O–H groups in total. The van der Waals surface area contributed by atoms with E-state index in [4.69, 9.17) is 23.2 Å². The van der Waals surface area contributed by atoms with Crippen LogP contribution in [0.15, 0.2) is 48.5 Å². The summed E-state index contributed by atoms with van der Waals surface area (Å²) in [5.41, 5.74) is 2.35. The third-order valence-corrected chi connectivity index (χ3v) is 4.98. The average molecular weight is 334 g/mol. The van der Waals surface area contributed by atoms with Crippen LogP contribution in [0.25, 0.3) is 0 Å². The molecule has 2 atom stereocenters. The molecule has 2 nitrogen and oxygen atoms in total. The van der Waals surface area contributed by atoms with Gasteiger partial charge in [0.1, 0.15) is 6.29 Å². The van der Waals surface area contributed by atoms with E-state index in [1.54, 1.807) is 6.07 Å². The van der Waals surface area contributed by atoms with Crippen LogP contribution in [0.5, 0.6) is 0 Å². The quantitative estimate of drug-likeness (QED) is 0.772. The Labute approximate surface area is 140 Å². The molecule has 0 radical (unpaired) electrons. The third-order valence-electron chi connectivity index (χ3n) is 4.24. The fourth-order valence-electron chi connectivity index (χ4n) is 3.12. The van der Waals surface area contributed by atoms with Gasteiger partial charge in [0, 0.05) is 31.5 Å². The second-order valence-corrected chi connectivity index (χ2v) is 6.57. The summed E-state index contributed by atoms with van der Waals surface area (Å²) in [4.78, 5) is 13.8. The molecule has 0 spiro atoms. The number of carbonyl (C=O) groups is 1. The zero-order valence-electron chi connectivity index (χ0n) is 12.1. The lowest BCUT2D eigenvalue weighted by molar-refractivity contribution is -0.111. The van der Waals surface area contributed by atoms with E-state index in [0.29, 0.717) is 10.0 Å². The molecule has 1 aliphatic rings. The van der Waals surface area contributed by atoms with Crippen LogP contribution < -0.4 is 0 Å². The number of rotatable bonds is 4. The van der Waals surface area contributed by atoms with Crippen molar-refractivity contribution in [1.82, 2.24) is 4.90 Å². The highest BCUT2D eigenvalue weighted by Gasteiger charge is 2.33. The van der Waals surface area contributed by atoms with E-state index in [9.17, 15) is 4.79 Å². The minimum absolute atomic E-state index is 0.000884. The number of carbonyl (C=O) groups excluding carboxylic acids is 1. The van der Waals surface area contributed by atoms with E-state index >= 15 is 0 Å². The number of aldehydes is 1. The van der Waals surface area contributed by atoms with E-state index in [-0.39, 0.29) is 11.8 Å². The molecule has 114 valence electrons. The maximum atomic E-state index is 11.5. The number of hydrogen-bond acceptors (Lipinski definition) is 2. The highest BCUT2D eigenvalue weighted by atomic mass is 35.5. The molecule has 0 saturated carbocycles. The van der Waals surface area contributed by atoms with Crippen molar-refractivity contribution in [3.05, 3.63) is 69.7 Å². The Balaban J connectivity index is 1.77. The van der Waals surface area contributed by atoms with Crippen LogP contribution in [0.2, 0.25) is 10.0 Å². The van der Waals surface area contributed by atoms with Gasteiger partial charge in [-0.1, -0.05) is 59.6 Å². The van der Waals surface area contributed by atoms with Crippen molar-refractivity contribution in [2.45, 2.75) is 12.5 Å². The highest BCUT2D eigenvalue weighted by molar-refractivity contribution is 6.42. The van der Waals surface area contributed by atoms with Crippen molar-refractivity contribution in [2.75, 3.05) is 13.1 Å². The Hall–Kier alpha value is -1.35. The Bertz CT molecular complexity index is 659. The van der Waals surface area contributed by atoms with Gasteiger partial charge >= 0.3 is 0 Å². The highest BCUT2D eigenvalue weighted by Crippen LogP contribution is 2.35. The summed E-state index contributed by atoms with van der Waals surface area (Å²) in [6.45, 7) is 2.50. The van der Waals surface area contributed by atoms with E-state index in [0.717, 1.165) is 31.5 Å². The molecule has 0 bridgehead atoms. The van der Waals surface area contributed by atoms with Gasteiger partial charge in [-0.15, -0.1) is 0 Å². The predicted molar refractivity (Wildman–Crippen MR) is 90.5 cm³/mol. The Morgan fingerprint density at radius 1 is 1.05 bits per heavy atom. The van der Waals surface area contributed by atoms with Crippen LogP contribution >= 0.6 is 23.2 Å². The standard InChI is InChI=1S/C18H17Cl2NO/c19-17-7-6-14(8-18(17)20)16-11-21(10-15(16)12-22)9-13-4-2-1-3-5-13/h1-8,12,15-16H,9-11H2/t15-,16-/m1/s1. The molecule has 2 aromatic carbocycles. The van der Waals surface area contributed by atoms with Gasteiger partial charge in [-0.05, 0) is 23.3 Å². The third kappa shape index (κ3) is 3.35. The molecular formula is C18H17Cl2NO. The summed E-state index contributed by atoms with van der Waals surface area (Å²) in [5.74, 6) is 0.178. The number of hydrogen-bond donors (Lipinski definition) is 0. The normalized spacial score (nSPS) is 21.9. The van der Waals surface area contributed by atoms with Crippen molar-refractivity contribution < 1.29 is 4.79 Å². The SMILES string of the molecule is O=C[C@H]1CN(Cc2ccccc2)C[C@@H]1c1ccc(Cl)c(Cl)c1. The summed E-state index contributed by atoms with van der Waals surface area (Å²) in [6, 6.07) is 16.0. The molecule has 1 heterocycles. The van der Waals surface area contributed by atoms with Crippen LogP contribution in [0, 0.1) is 5.92 Å². The number of nitrogens with zero attached hydrogens (tertiary/aromatic N) is 1. The van der Waals surface area contributed by atoms with Gasteiger partial charge in [-0.25, -0.2) is 0 Å². The van der Waals surface area contributed by atoms with Crippen LogP contribution in [-0.2, 0) is 11.3 Å². The molecule has 0 aromatic heterocycles. The second-order valence-electron chi connectivity index (χ2n) is 5.76. The molecule has 22 heavy (non-hydrogen) atoms. The molecule has 1 aliphatic heterocycles. The van der Waals surface area contributed by atoms with Crippen LogP contribution in [0.4, 0.5) is 0 Å². The van der Waals surface area contributed by atoms with Gasteiger partial charge in [-0.2, -0.15) is 0 Å². The van der Waals surface area contributed by atoms with Gasteiger partial charge in [-0.3, -0.25) is 4.90 Å². The molecule has 0 aliphatic carbocycles. The van der Waals surface area contributed by atoms with Gasteiger partial charge in [0.2, 0.25) is 0 Å². The number of benzene rings is 2. The molecule has 0 amide bonds. The molecule has 1 saturated heterocycles. The van der Waals surface area contributed by atoms with E-state index < -0.39 is 0 Å². The molecule has 1 fully saturated rings. The van der Waals surface area contributed by atoms with E-state index in [1.807, 2.05) is 30.3 Å². The average Bonchev–Trinajstić information content (AvgIpc) is 2.94. The predicted octanol–water partition coefficient (Wildman–Crippen LogP) is 4.41. The molecule has 2 aromatic rings. The number of halogens is 2. The van der Waals surface area contributed by atoms with Crippen molar-refractivity contribution >= 4 is 29.5 Å². The summed E-state index contributed by atoms with van der Waals surface area (Å²) in [7, 11) is 0. The van der Waals surface area contributed by atoms with Gasteiger partial charge in [0.05, 0.1) is 10.0 Å². The first-order valence-electron chi connectivity index (χ1n) is 7.34. The van der Waals surface area contributed by atoms with Crippen molar-refractivity contribution in [1.29, 1.82) is 0 Å². The molecular weight excluding hydrogens is 317 g/mol. The first-order chi connectivity index (χ1) is 10.7. The summed E-state index contributed by atoms with van der Waals surface area (Å²) >= 11 is 12.1. The maximum absolute atomic E-state index is 11.5. The van der Waals surface area contributed by atoms with Crippen LogP contribution in [0.3, 0.4) is 0 Å². The van der Waals surface area contributed by atoms with Gasteiger partial charge < -0.3 is 4.79 Å². The Morgan fingerprint density at radius 2 is 1.82 bits per heavy atom. The van der Waals surface area contributed by atoms with E-state index in [2.05, 4.69) is 17.0 Å². The van der Waals surface area contributed by atoms with Crippen molar-refractivity contribution in [3.8, 4) is 0 Å². The molecule has 3 rings (SSSR count). The second kappa shape index (κ2) is 6.82. The lowest BCUT2D eigenvalue weighted by Crippen LogP contribution is -2.20. The van der Waals surface area contributed by atoms with Crippen LogP contribution in [-0.4, -0.2) is 24.3 Å². The van der Waals surface area contributed by atoms with Gasteiger partial charge in [0.15, 0.2) is 0 Å². The van der Waals surface area contributed by atoms with Gasteiger partial charge in [0.25, 0.3) is 0 Å². The first-order valence-corrected chi connectivity index (χ1v) is 8.09. The molecule has 4 heteroatoms. The first kappa shape index (κ1) is 15.5. The Kier molecular flexibility index (Phi) is 4.82. The monoisotopic (exact) mass is 333 g/mol. The fraction of sp³-hybridized carbons (Fsp3) is 0.278. The fourth-order valence-corrected chi connectivity index (χ4v) is 3.42. The lowest BCUT2D eigenvalue weighted by Gasteiger charge is -2.16. The minimum Gasteiger partial charge on any atom is -0.303 e. The zero-order chi connectivity index (χ0) is 15.5. The summed E-state index contributed by atoms with van der Waals surface area (Å²) in [5, 5.41) is 1.09. The summed E-state index contributed by atoms with van der Waals surface area (Å²) in [6.07, 6.45) is 1.07. The topological polar surface area (TPSA) is 20.3 Å². The maximum Gasteiger partial charge on any atom is 0.125 e. The molecule has 0 unspecified atom stereocenters. The largest absolute Gasteiger partial charge is 0.303 e.